The van der Waals surface area contributed by atoms with Crippen LogP contribution in [0.2, 0.25) is 0 Å². The van der Waals surface area contributed by atoms with E-state index in [1.807, 2.05) is 12.1 Å². The zero-order valence-electron chi connectivity index (χ0n) is 10.2. The summed E-state index contributed by atoms with van der Waals surface area (Å²) in [6, 6.07) is 8.69. The van der Waals surface area contributed by atoms with Gasteiger partial charge in [0, 0.05) is 18.9 Å². The Labute approximate surface area is 110 Å². The Kier molecular flexibility index (Phi) is 3.92. The molecule has 6 heteroatoms. The number of hydrogen-bond donors (Lipinski definition) is 2. The minimum Gasteiger partial charge on any atom is -0.393 e. The first-order valence-electron chi connectivity index (χ1n) is 5.84. The van der Waals surface area contributed by atoms with E-state index >= 15 is 0 Å². The number of benzene rings is 1. The number of aromatic nitrogens is 1. The Morgan fingerprint density at radius 2 is 2.00 bits per heavy atom. The molecule has 1 heterocycles. The molecule has 3 N–H and O–H groups in total. The fourth-order valence-electron chi connectivity index (χ4n) is 1.80. The molecule has 0 fully saturated rings. The maximum Gasteiger partial charge on any atom is 0.314 e. The molecule has 2 rings (SSSR count). The van der Waals surface area contributed by atoms with E-state index in [0.29, 0.717) is 12.2 Å². The summed E-state index contributed by atoms with van der Waals surface area (Å²) in [5.74, 6) is 0. The van der Waals surface area contributed by atoms with E-state index < -0.39 is 4.92 Å². The van der Waals surface area contributed by atoms with Crippen molar-refractivity contribution in [2.24, 2.45) is 0 Å². The fourth-order valence-corrected chi connectivity index (χ4v) is 1.80. The predicted octanol–water partition coefficient (Wildman–Crippen LogP) is 2.23. The van der Waals surface area contributed by atoms with Crippen molar-refractivity contribution in [1.29, 1.82) is 0 Å². The van der Waals surface area contributed by atoms with Crippen LogP contribution in [0.3, 0.4) is 0 Å². The molecular formula is C13H14N4O2. The lowest BCUT2D eigenvalue weighted by molar-refractivity contribution is -0.383. The van der Waals surface area contributed by atoms with Crippen molar-refractivity contribution in [3.8, 4) is 0 Å². The molecular weight excluding hydrogens is 244 g/mol. The first-order chi connectivity index (χ1) is 9.18. The number of pyridine rings is 1. The molecule has 0 aliphatic heterocycles. The molecule has 0 radical (unpaired) electrons. The molecule has 0 aliphatic carbocycles. The van der Waals surface area contributed by atoms with Crippen LogP contribution in [0.4, 0.5) is 17.1 Å². The van der Waals surface area contributed by atoms with Crippen LogP contribution in [0.1, 0.15) is 5.56 Å². The number of nitrogen functional groups attached to an aromatic ring is 1. The van der Waals surface area contributed by atoms with Crippen molar-refractivity contribution >= 4 is 17.1 Å². The number of anilines is 2. The first-order valence-corrected chi connectivity index (χ1v) is 5.84. The van der Waals surface area contributed by atoms with Gasteiger partial charge in [-0.2, -0.15) is 0 Å². The Morgan fingerprint density at radius 1 is 1.26 bits per heavy atom. The van der Waals surface area contributed by atoms with E-state index in [9.17, 15) is 10.1 Å². The van der Waals surface area contributed by atoms with Crippen LogP contribution in [-0.2, 0) is 6.42 Å². The van der Waals surface area contributed by atoms with Crippen LogP contribution >= 0.6 is 0 Å². The summed E-state index contributed by atoms with van der Waals surface area (Å²) in [5.41, 5.74) is 7.27. The number of nitrogens with zero attached hydrogens (tertiary/aromatic N) is 2. The minimum absolute atomic E-state index is 0.0720. The van der Waals surface area contributed by atoms with Gasteiger partial charge in [-0.1, -0.05) is 6.07 Å². The molecule has 1 aromatic heterocycles. The third-order valence-electron chi connectivity index (χ3n) is 2.73. The average Bonchev–Trinajstić information content (AvgIpc) is 2.39. The third-order valence-corrected chi connectivity index (χ3v) is 2.73. The normalized spacial score (nSPS) is 10.1. The smallest absolute Gasteiger partial charge is 0.314 e. The molecule has 0 saturated heterocycles. The van der Waals surface area contributed by atoms with Crippen LogP contribution in [0.25, 0.3) is 0 Å². The highest BCUT2D eigenvalue weighted by Crippen LogP contribution is 2.30. The Morgan fingerprint density at radius 3 is 2.68 bits per heavy atom. The van der Waals surface area contributed by atoms with E-state index in [-0.39, 0.29) is 11.4 Å². The van der Waals surface area contributed by atoms with Crippen molar-refractivity contribution in [3.05, 3.63) is 58.4 Å². The zero-order valence-corrected chi connectivity index (χ0v) is 10.2. The first kappa shape index (κ1) is 12.8. The SMILES string of the molecule is Nc1cccc(NCCc2ccncc2)c1[N+](=O)[O-]. The summed E-state index contributed by atoms with van der Waals surface area (Å²) >= 11 is 0. The Bertz CT molecular complexity index is 572. The zero-order chi connectivity index (χ0) is 13.7. The molecule has 2 aromatic rings. The molecule has 0 atom stereocenters. The second-order valence-corrected chi connectivity index (χ2v) is 4.03. The largest absolute Gasteiger partial charge is 0.393 e. The van der Waals surface area contributed by atoms with Gasteiger partial charge in [-0.05, 0) is 36.2 Å². The van der Waals surface area contributed by atoms with Crippen LogP contribution in [0, 0.1) is 10.1 Å². The molecule has 98 valence electrons. The summed E-state index contributed by atoms with van der Waals surface area (Å²) in [4.78, 5) is 14.4. The van der Waals surface area contributed by atoms with E-state index in [2.05, 4.69) is 10.3 Å². The summed E-state index contributed by atoms with van der Waals surface area (Å²) in [7, 11) is 0. The van der Waals surface area contributed by atoms with Crippen LogP contribution in [0.5, 0.6) is 0 Å². The highest BCUT2D eigenvalue weighted by Gasteiger charge is 2.16. The number of nitro groups is 1. The topological polar surface area (TPSA) is 94.1 Å². The quantitative estimate of drug-likeness (QED) is 0.487. The number of rotatable bonds is 5. The van der Waals surface area contributed by atoms with Gasteiger partial charge >= 0.3 is 5.69 Å². The predicted molar refractivity (Wildman–Crippen MR) is 73.9 cm³/mol. The minimum atomic E-state index is -0.468. The second kappa shape index (κ2) is 5.81. The van der Waals surface area contributed by atoms with Gasteiger partial charge in [0.2, 0.25) is 0 Å². The lowest BCUT2D eigenvalue weighted by Crippen LogP contribution is -2.08. The van der Waals surface area contributed by atoms with E-state index in [1.165, 1.54) is 6.07 Å². The van der Waals surface area contributed by atoms with E-state index in [0.717, 1.165) is 12.0 Å². The summed E-state index contributed by atoms with van der Waals surface area (Å²) in [6.07, 6.45) is 4.20. The van der Waals surface area contributed by atoms with Gasteiger partial charge in [0.1, 0.15) is 11.4 Å². The summed E-state index contributed by atoms with van der Waals surface area (Å²) < 4.78 is 0. The van der Waals surface area contributed by atoms with Crippen LogP contribution in [-0.4, -0.2) is 16.5 Å². The lowest BCUT2D eigenvalue weighted by Gasteiger charge is -2.08. The Hall–Kier alpha value is -2.63. The van der Waals surface area contributed by atoms with Crippen molar-refractivity contribution in [3.63, 3.8) is 0 Å². The van der Waals surface area contributed by atoms with Crippen molar-refractivity contribution in [2.75, 3.05) is 17.6 Å². The van der Waals surface area contributed by atoms with Gasteiger partial charge in [0.05, 0.1) is 4.92 Å². The second-order valence-electron chi connectivity index (χ2n) is 4.03. The van der Waals surface area contributed by atoms with Crippen molar-refractivity contribution < 1.29 is 4.92 Å². The number of hydrogen-bond acceptors (Lipinski definition) is 5. The number of nitrogens with one attached hydrogen (secondary N) is 1. The number of para-hydroxylation sites is 1. The average molecular weight is 258 g/mol. The van der Waals surface area contributed by atoms with Gasteiger partial charge in [-0.3, -0.25) is 15.1 Å². The standard InChI is InChI=1S/C13H14N4O2/c14-11-2-1-3-12(13(11)17(18)19)16-9-6-10-4-7-15-8-5-10/h1-5,7-8,16H,6,9,14H2. The molecule has 6 nitrogen and oxygen atoms in total. The molecule has 0 aliphatic rings. The molecule has 0 bridgehead atoms. The maximum absolute atomic E-state index is 11.0. The molecule has 0 unspecified atom stereocenters. The van der Waals surface area contributed by atoms with Crippen LogP contribution in [0.15, 0.2) is 42.7 Å². The Balaban J connectivity index is 2.04. The monoisotopic (exact) mass is 258 g/mol. The highest BCUT2D eigenvalue weighted by molar-refractivity contribution is 5.74. The lowest BCUT2D eigenvalue weighted by atomic mass is 10.2. The molecule has 0 saturated carbocycles. The number of nitrogens with two attached hydrogens (primary N) is 1. The van der Waals surface area contributed by atoms with Gasteiger partial charge < -0.3 is 11.1 Å². The van der Waals surface area contributed by atoms with E-state index in [1.54, 1.807) is 24.5 Å². The summed E-state index contributed by atoms with van der Waals surface area (Å²) in [6.45, 7) is 0.592. The molecule has 0 spiro atoms. The highest BCUT2D eigenvalue weighted by atomic mass is 16.6. The third kappa shape index (κ3) is 3.19. The van der Waals surface area contributed by atoms with Gasteiger partial charge in [-0.15, -0.1) is 0 Å². The van der Waals surface area contributed by atoms with E-state index in [4.69, 9.17) is 5.73 Å². The van der Waals surface area contributed by atoms with Crippen molar-refractivity contribution in [2.45, 2.75) is 6.42 Å². The molecule has 1 aromatic carbocycles. The van der Waals surface area contributed by atoms with Gasteiger partial charge in [0.15, 0.2) is 0 Å². The van der Waals surface area contributed by atoms with Gasteiger partial charge in [-0.25, -0.2) is 0 Å². The van der Waals surface area contributed by atoms with Crippen molar-refractivity contribution in [1.82, 2.24) is 4.98 Å². The van der Waals surface area contributed by atoms with Gasteiger partial charge in [0.25, 0.3) is 0 Å². The summed E-state index contributed by atoms with van der Waals surface area (Å²) in [5, 5.41) is 14.0. The van der Waals surface area contributed by atoms with Crippen LogP contribution < -0.4 is 11.1 Å². The molecule has 0 amide bonds. The fraction of sp³-hybridized carbons (Fsp3) is 0.154. The maximum atomic E-state index is 11.0. The number of nitro benzene ring substituents is 1. The molecule has 19 heavy (non-hydrogen) atoms.